The number of nitriles is 1. The molecule has 1 atom stereocenters. The molecule has 0 unspecified atom stereocenters. The van der Waals surface area contributed by atoms with E-state index in [1.807, 2.05) is 0 Å². The fourth-order valence-corrected chi connectivity index (χ4v) is 2.77. The van der Waals surface area contributed by atoms with Crippen molar-refractivity contribution in [3.05, 3.63) is 23.3 Å². The summed E-state index contributed by atoms with van der Waals surface area (Å²) in [7, 11) is 1.51. The van der Waals surface area contributed by atoms with Gasteiger partial charge in [-0.1, -0.05) is 6.92 Å². The maximum atomic E-state index is 10.4. The SMILES string of the molecule is CC[C@H](c1cc(C#N)cc(OC)c1O)N1CCNCC1. The third-order valence-electron chi connectivity index (χ3n) is 3.79. The summed E-state index contributed by atoms with van der Waals surface area (Å²) in [6.07, 6.45) is 0.881. The van der Waals surface area contributed by atoms with Crippen LogP contribution in [-0.2, 0) is 0 Å². The van der Waals surface area contributed by atoms with E-state index in [-0.39, 0.29) is 11.8 Å². The second-order valence-electron chi connectivity index (χ2n) is 4.94. The molecule has 1 aromatic carbocycles. The minimum atomic E-state index is 0.110. The maximum absolute atomic E-state index is 10.4. The van der Waals surface area contributed by atoms with Crippen molar-refractivity contribution in [1.82, 2.24) is 10.2 Å². The van der Waals surface area contributed by atoms with Crippen molar-refractivity contribution in [2.45, 2.75) is 19.4 Å². The molecular formula is C15H21N3O2. The van der Waals surface area contributed by atoms with Crippen LogP contribution < -0.4 is 10.1 Å². The molecule has 1 aromatic rings. The van der Waals surface area contributed by atoms with Crippen molar-refractivity contribution in [1.29, 1.82) is 5.26 Å². The van der Waals surface area contributed by atoms with Crippen molar-refractivity contribution in [2.24, 2.45) is 0 Å². The van der Waals surface area contributed by atoms with Gasteiger partial charge < -0.3 is 15.2 Å². The van der Waals surface area contributed by atoms with Gasteiger partial charge in [0.15, 0.2) is 11.5 Å². The van der Waals surface area contributed by atoms with Gasteiger partial charge in [-0.25, -0.2) is 0 Å². The van der Waals surface area contributed by atoms with Crippen molar-refractivity contribution < 1.29 is 9.84 Å². The lowest BCUT2D eigenvalue weighted by molar-refractivity contribution is 0.166. The minimum absolute atomic E-state index is 0.110. The highest BCUT2D eigenvalue weighted by atomic mass is 16.5. The Kier molecular flexibility index (Phi) is 4.83. The Hall–Kier alpha value is -1.77. The topological polar surface area (TPSA) is 68.5 Å². The molecule has 1 saturated heterocycles. The third kappa shape index (κ3) is 2.87. The molecule has 108 valence electrons. The Bertz CT molecular complexity index is 505. The van der Waals surface area contributed by atoms with Crippen LogP contribution in [0.2, 0.25) is 0 Å². The predicted octanol–water partition coefficient (Wildman–Crippen LogP) is 1.63. The zero-order valence-corrected chi connectivity index (χ0v) is 12.0. The molecule has 1 aliphatic heterocycles. The number of phenols is 1. The molecule has 20 heavy (non-hydrogen) atoms. The fraction of sp³-hybridized carbons (Fsp3) is 0.533. The first-order chi connectivity index (χ1) is 9.71. The van der Waals surface area contributed by atoms with Crippen LogP contribution in [0.5, 0.6) is 11.5 Å². The molecular weight excluding hydrogens is 254 g/mol. The van der Waals surface area contributed by atoms with E-state index in [4.69, 9.17) is 10.00 Å². The Balaban J connectivity index is 2.40. The van der Waals surface area contributed by atoms with Crippen molar-refractivity contribution in [3.63, 3.8) is 0 Å². The van der Waals surface area contributed by atoms with Gasteiger partial charge >= 0.3 is 0 Å². The number of phenolic OH excluding ortho intramolecular Hbond substituents is 1. The summed E-state index contributed by atoms with van der Waals surface area (Å²) in [5.41, 5.74) is 1.30. The van der Waals surface area contributed by atoms with Gasteiger partial charge in [-0.2, -0.15) is 5.26 Å². The van der Waals surface area contributed by atoms with Crippen molar-refractivity contribution in [3.8, 4) is 17.6 Å². The van der Waals surface area contributed by atoms with E-state index < -0.39 is 0 Å². The molecule has 0 bridgehead atoms. The van der Waals surface area contributed by atoms with Crippen molar-refractivity contribution in [2.75, 3.05) is 33.3 Å². The van der Waals surface area contributed by atoms with Crippen LogP contribution in [0.4, 0.5) is 0 Å². The first-order valence-electron chi connectivity index (χ1n) is 6.97. The number of benzene rings is 1. The summed E-state index contributed by atoms with van der Waals surface area (Å²) in [5, 5.41) is 22.8. The molecule has 1 heterocycles. The van der Waals surface area contributed by atoms with Crippen LogP contribution in [0.1, 0.15) is 30.5 Å². The van der Waals surface area contributed by atoms with E-state index in [2.05, 4.69) is 23.2 Å². The average molecular weight is 275 g/mol. The van der Waals surface area contributed by atoms with Crippen LogP contribution in [0.3, 0.4) is 0 Å². The van der Waals surface area contributed by atoms with Crippen LogP contribution in [0.15, 0.2) is 12.1 Å². The summed E-state index contributed by atoms with van der Waals surface area (Å²) in [5.74, 6) is 0.518. The molecule has 5 nitrogen and oxygen atoms in total. The molecule has 0 spiro atoms. The lowest BCUT2D eigenvalue weighted by Gasteiger charge is -2.35. The summed E-state index contributed by atoms with van der Waals surface area (Å²) in [4.78, 5) is 2.34. The predicted molar refractivity (Wildman–Crippen MR) is 76.8 cm³/mol. The number of nitrogens with one attached hydrogen (secondary N) is 1. The lowest BCUT2D eigenvalue weighted by atomic mass is 9.98. The van der Waals surface area contributed by atoms with Crippen molar-refractivity contribution >= 4 is 0 Å². The molecule has 0 aromatic heterocycles. The molecule has 0 saturated carbocycles. The molecule has 0 aliphatic carbocycles. The number of ether oxygens (including phenoxy) is 1. The van der Waals surface area contributed by atoms with E-state index in [1.165, 1.54) is 7.11 Å². The highest BCUT2D eigenvalue weighted by molar-refractivity contribution is 5.52. The van der Waals surface area contributed by atoms with E-state index in [0.717, 1.165) is 38.2 Å². The number of hydrogen-bond donors (Lipinski definition) is 2. The largest absolute Gasteiger partial charge is 0.504 e. The van der Waals surface area contributed by atoms with Crippen LogP contribution in [0, 0.1) is 11.3 Å². The summed E-state index contributed by atoms with van der Waals surface area (Å²) >= 11 is 0. The molecule has 5 heteroatoms. The zero-order chi connectivity index (χ0) is 14.5. The highest BCUT2D eigenvalue weighted by Gasteiger charge is 2.25. The minimum Gasteiger partial charge on any atom is -0.504 e. The van der Waals surface area contributed by atoms with Gasteiger partial charge in [0, 0.05) is 43.9 Å². The van der Waals surface area contributed by atoms with Gasteiger partial charge in [0.25, 0.3) is 0 Å². The summed E-state index contributed by atoms with van der Waals surface area (Å²) in [6.45, 7) is 5.88. The number of nitrogens with zero attached hydrogens (tertiary/aromatic N) is 2. The Labute approximate surface area is 119 Å². The smallest absolute Gasteiger partial charge is 0.162 e. The second kappa shape index (κ2) is 6.60. The lowest BCUT2D eigenvalue weighted by Crippen LogP contribution is -2.45. The van der Waals surface area contributed by atoms with E-state index in [9.17, 15) is 5.11 Å². The highest BCUT2D eigenvalue weighted by Crippen LogP contribution is 2.38. The average Bonchev–Trinajstić information content (AvgIpc) is 2.50. The first-order valence-corrected chi connectivity index (χ1v) is 6.97. The van der Waals surface area contributed by atoms with Crippen LogP contribution >= 0.6 is 0 Å². The molecule has 0 radical (unpaired) electrons. The molecule has 2 rings (SSSR count). The quantitative estimate of drug-likeness (QED) is 0.874. The molecule has 0 amide bonds. The Morgan fingerprint density at radius 2 is 2.15 bits per heavy atom. The second-order valence-corrected chi connectivity index (χ2v) is 4.94. The van der Waals surface area contributed by atoms with E-state index >= 15 is 0 Å². The summed E-state index contributed by atoms with van der Waals surface area (Å²) < 4.78 is 5.18. The Morgan fingerprint density at radius 3 is 2.70 bits per heavy atom. The van der Waals surface area contributed by atoms with E-state index in [1.54, 1.807) is 12.1 Å². The van der Waals surface area contributed by atoms with Gasteiger partial charge in [0.1, 0.15) is 0 Å². The van der Waals surface area contributed by atoms with E-state index in [0.29, 0.717) is 11.3 Å². The third-order valence-corrected chi connectivity index (χ3v) is 3.79. The molecule has 2 N–H and O–H groups in total. The fourth-order valence-electron chi connectivity index (χ4n) is 2.77. The summed E-state index contributed by atoms with van der Waals surface area (Å²) in [6, 6.07) is 5.58. The normalized spacial score (nSPS) is 17.4. The standard InChI is InChI=1S/C15H21N3O2/c1-3-13(18-6-4-17-5-7-18)12-8-11(10-16)9-14(20-2)15(12)19/h8-9,13,17,19H,3-7H2,1-2H3/t13-/m1/s1. The molecule has 1 fully saturated rings. The number of piperazine rings is 1. The van der Waals surface area contributed by atoms with Crippen LogP contribution in [-0.4, -0.2) is 43.3 Å². The van der Waals surface area contributed by atoms with Gasteiger partial charge in [0.2, 0.25) is 0 Å². The maximum Gasteiger partial charge on any atom is 0.162 e. The van der Waals surface area contributed by atoms with Gasteiger partial charge in [-0.3, -0.25) is 4.90 Å². The van der Waals surface area contributed by atoms with Gasteiger partial charge in [-0.05, 0) is 12.5 Å². The number of hydrogen-bond acceptors (Lipinski definition) is 5. The zero-order valence-electron chi connectivity index (χ0n) is 12.0. The molecule has 1 aliphatic rings. The van der Waals surface area contributed by atoms with Gasteiger partial charge in [-0.15, -0.1) is 0 Å². The number of aromatic hydroxyl groups is 1. The number of rotatable bonds is 4. The first kappa shape index (κ1) is 14.6. The monoisotopic (exact) mass is 275 g/mol. The van der Waals surface area contributed by atoms with Gasteiger partial charge in [0.05, 0.1) is 18.7 Å². The number of methoxy groups -OCH3 is 1. The van der Waals surface area contributed by atoms with Crippen LogP contribution in [0.25, 0.3) is 0 Å². The Morgan fingerprint density at radius 1 is 1.45 bits per heavy atom.